The predicted octanol–water partition coefficient (Wildman–Crippen LogP) is 4.08. The molecule has 0 fully saturated rings. The molecule has 0 spiro atoms. The van der Waals surface area contributed by atoms with Crippen LogP contribution in [0.25, 0.3) is 0 Å². The zero-order valence-corrected chi connectivity index (χ0v) is 12.9. The molecule has 0 unspecified atom stereocenters. The molecule has 1 aromatic heterocycles. The van der Waals surface area contributed by atoms with E-state index in [0.29, 0.717) is 0 Å². The summed E-state index contributed by atoms with van der Waals surface area (Å²) in [6, 6.07) is 2.02. The zero-order valence-electron chi connectivity index (χ0n) is 12.2. The van der Waals surface area contributed by atoms with Gasteiger partial charge in [0.05, 0.1) is 5.02 Å². The number of hydrogen-bond acceptors (Lipinski definition) is 2. The van der Waals surface area contributed by atoms with E-state index in [1.165, 1.54) is 5.56 Å². The first-order chi connectivity index (χ1) is 8.20. The smallest absolute Gasteiger partial charge is 0.0621 e. The third-order valence-corrected chi connectivity index (χ3v) is 3.32. The van der Waals surface area contributed by atoms with Crippen LogP contribution >= 0.6 is 11.6 Å². The van der Waals surface area contributed by atoms with Gasteiger partial charge in [0.1, 0.15) is 0 Å². The van der Waals surface area contributed by atoms with Gasteiger partial charge >= 0.3 is 0 Å². The van der Waals surface area contributed by atoms with Crippen molar-refractivity contribution in [3.8, 4) is 0 Å². The second-order valence-corrected chi connectivity index (χ2v) is 7.14. The van der Waals surface area contributed by atoms with Crippen molar-refractivity contribution in [1.29, 1.82) is 0 Å². The molecule has 1 rings (SSSR count). The number of aromatic nitrogens is 1. The fourth-order valence-corrected chi connectivity index (χ4v) is 2.11. The lowest BCUT2D eigenvalue weighted by Crippen LogP contribution is -2.38. The van der Waals surface area contributed by atoms with Gasteiger partial charge < -0.3 is 5.32 Å². The van der Waals surface area contributed by atoms with Crippen molar-refractivity contribution in [2.24, 2.45) is 5.41 Å². The Morgan fingerprint density at radius 1 is 1.22 bits per heavy atom. The Kier molecular flexibility index (Phi) is 5.18. The van der Waals surface area contributed by atoms with Crippen LogP contribution in [0.15, 0.2) is 18.5 Å². The monoisotopic (exact) mass is 268 g/mol. The van der Waals surface area contributed by atoms with E-state index >= 15 is 0 Å². The van der Waals surface area contributed by atoms with Crippen LogP contribution in [0.1, 0.15) is 46.6 Å². The molecule has 0 radical (unpaired) electrons. The second-order valence-electron chi connectivity index (χ2n) is 6.73. The van der Waals surface area contributed by atoms with Crippen molar-refractivity contribution in [3.63, 3.8) is 0 Å². The highest BCUT2D eigenvalue weighted by atomic mass is 35.5. The van der Waals surface area contributed by atoms with Gasteiger partial charge in [0.25, 0.3) is 0 Å². The van der Waals surface area contributed by atoms with E-state index in [9.17, 15) is 0 Å². The maximum atomic E-state index is 6.16. The number of pyridine rings is 1. The van der Waals surface area contributed by atoms with Gasteiger partial charge in [0.15, 0.2) is 0 Å². The molecule has 1 N–H and O–H groups in total. The second kappa shape index (κ2) is 6.03. The predicted molar refractivity (Wildman–Crippen MR) is 79.1 cm³/mol. The van der Waals surface area contributed by atoms with E-state index in [0.717, 1.165) is 24.4 Å². The number of hydrogen-bond donors (Lipinski definition) is 1. The van der Waals surface area contributed by atoms with E-state index in [1.807, 2.05) is 12.3 Å². The molecule has 0 aliphatic carbocycles. The van der Waals surface area contributed by atoms with Crippen molar-refractivity contribution in [2.45, 2.75) is 53.0 Å². The van der Waals surface area contributed by atoms with Crippen LogP contribution in [0, 0.1) is 5.41 Å². The minimum Gasteiger partial charge on any atom is -0.312 e. The molecular weight excluding hydrogens is 244 g/mol. The van der Waals surface area contributed by atoms with E-state index in [2.05, 4.69) is 44.9 Å². The minimum atomic E-state index is 0.185. The lowest BCUT2D eigenvalue weighted by atomic mass is 9.82. The summed E-state index contributed by atoms with van der Waals surface area (Å²) in [7, 11) is 0. The molecule has 2 nitrogen and oxygen atoms in total. The Morgan fingerprint density at radius 2 is 1.89 bits per heavy atom. The van der Waals surface area contributed by atoms with Crippen LogP contribution in [0.2, 0.25) is 5.02 Å². The molecule has 18 heavy (non-hydrogen) atoms. The van der Waals surface area contributed by atoms with Crippen LogP contribution in [0.3, 0.4) is 0 Å². The molecule has 1 heterocycles. The molecule has 0 saturated heterocycles. The van der Waals surface area contributed by atoms with Gasteiger partial charge in [-0.2, -0.15) is 0 Å². The van der Waals surface area contributed by atoms with Gasteiger partial charge in [-0.25, -0.2) is 0 Å². The molecule has 0 amide bonds. The lowest BCUT2D eigenvalue weighted by molar-refractivity contribution is 0.302. The highest BCUT2D eigenvalue weighted by Crippen LogP contribution is 2.28. The molecule has 0 bridgehead atoms. The van der Waals surface area contributed by atoms with Crippen molar-refractivity contribution < 1.29 is 0 Å². The Balaban J connectivity index is 2.52. The van der Waals surface area contributed by atoms with E-state index in [1.54, 1.807) is 6.20 Å². The molecule has 0 atom stereocenters. The molecular formula is C15H25ClN2. The highest BCUT2D eigenvalue weighted by Gasteiger charge is 2.20. The Bertz CT molecular complexity index is 380. The number of rotatable bonds is 5. The third-order valence-electron chi connectivity index (χ3n) is 2.98. The average molecular weight is 269 g/mol. The van der Waals surface area contributed by atoms with Crippen LogP contribution in [-0.2, 0) is 6.42 Å². The van der Waals surface area contributed by atoms with E-state index in [4.69, 9.17) is 11.6 Å². The fraction of sp³-hybridized carbons (Fsp3) is 0.667. The SMILES string of the molecule is CC(C)(CCNC(C)(C)C)Cc1ccncc1Cl. The molecule has 0 aliphatic rings. The van der Waals surface area contributed by atoms with Crippen molar-refractivity contribution in [3.05, 3.63) is 29.0 Å². The number of nitrogens with one attached hydrogen (secondary N) is 1. The summed E-state index contributed by atoms with van der Waals surface area (Å²) in [6.07, 6.45) is 5.65. The topological polar surface area (TPSA) is 24.9 Å². The van der Waals surface area contributed by atoms with Gasteiger partial charge in [0.2, 0.25) is 0 Å². The molecule has 0 aromatic carbocycles. The van der Waals surface area contributed by atoms with Gasteiger partial charge in [-0.05, 0) is 57.2 Å². The van der Waals surface area contributed by atoms with Crippen LogP contribution in [-0.4, -0.2) is 17.1 Å². The van der Waals surface area contributed by atoms with Crippen LogP contribution in [0.4, 0.5) is 0 Å². The molecule has 0 aliphatic heterocycles. The van der Waals surface area contributed by atoms with Crippen molar-refractivity contribution >= 4 is 11.6 Å². The first-order valence-electron chi connectivity index (χ1n) is 6.53. The Labute approximate surface area is 116 Å². The zero-order chi connectivity index (χ0) is 13.8. The molecule has 102 valence electrons. The quantitative estimate of drug-likeness (QED) is 0.870. The maximum absolute atomic E-state index is 6.16. The summed E-state index contributed by atoms with van der Waals surface area (Å²) in [4.78, 5) is 4.03. The van der Waals surface area contributed by atoms with Crippen LogP contribution in [0.5, 0.6) is 0 Å². The molecule has 3 heteroatoms. The summed E-state index contributed by atoms with van der Waals surface area (Å²) in [5.74, 6) is 0. The van der Waals surface area contributed by atoms with Crippen molar-refractivity contribution in [2.75, 3.05) is 6.54 Å². The van der Waals surface area contributed by atoms with E-state index < -0.39 is 0 Å². The Hall–Kier alpha value is -0.600. The van der Waals surface area contributed by atoms with E-state index in [-0.39, 0.29) is 11.0 Å². The first kappa shape index (κ1) is 15.5. The summed E-state index contributed by atoms with van der Waals surface area (Å²) >= 11 is 6.16. The Morgan fingerprint density at radius 3 is 2.44 bits per heavy atom. The average Bonchev–Trinajstić information content (AvgIpc) is 2.18. The number of halogens is 1. The summed E-state index contributed by atoms with van der Waals surface area (Å²) < 4.78 is 0. The first-order valence-corrected chi connectivity index (χ1v) is 6.91. The van der Waals surface area contributed by atoms with Gasteiger partial charge in [-0.1, -0.05) is 25.4 Å². The molecule has 1 aromatic rings. The third kappa shape index (κ3) is 5.83. The fourth-order valence-electron chi connectivity index (χ4n) is 1.93. The van der Waals surface area contributed by atoms with Gasteiger partial charge in [-0.15, -0.1) is 0 Å². The normalized spacial score (nSPS) is 12.8. The van der Waals surface area contributed by atoms with Crippen LogP contribution < -0.4 is 5.32 Å². The lowest BCUT2D eigenvalue weighted by Gasteiger charge is -2.28. The minimum absolute atomic E-state index is 0.185. The molecule has 0 saturated carbocycles. The standard InChI is InChI=1S/C15H25ClN2/c1-14(2,3)18-9-7-15(4,5)10-12-6-8-17-11-13(12)16/h6,8,11,18H,7,9-10H2,1-5H3. The van der Waals surface area contributed by atoms with Gasteiger partial charge in [0, 0.05) is 17.9 Å². The maximum Gasteiger partial charge on any atom is 0.0621 e. The highest BCUT2D eigenvalue weighted by molar-refractivity contribution is 6.31. The largest absolute Gasteiger partial charge is 0.312 e. The van der Waals surface area contributed by atoms with Gasteiger partial charge in [-0.3, -0.25) is 4.98 Å². The number of nitrogens with zero attached hydrogens (tertiary/aromatic N) is 1. The summed E-state index contributed by atoms with van der Waals surface area (Å²) in [6.45, 7) is 12.2. The summed E-state index contributed by atoms with van der Waals surface area (Å²) in [5.41, 5.74) is 1.61. The van der Waals surface area contributed by atoms with Crippen molar-refractivity contribution in [1.82, 2.24) is 10.3 Å². The summed E-state index contributed by atoms with van der Waals surface area (Å²) in [5, 5.41) is 4.31.